The largest absolute Gasteiger partial charge is 0.373 e. The number of anilines is 1. The Morgan fingerprint density at radius 1 is 1.47 bits per heavy atom. The zero-order chi connectivity index (χ0) is 13.0. The van der Waals surface area contributed by atoms with E-state index in [9.17, 15) is 14.0 Å². The standard InChI is InChI=1S/C10H11ClFN3O2/c1-5(9(16)15-10(13)17)14-8-4-6(12)2-3-7(8)11/h2-5,14H,1H3,(H3,13,15,16,17). The van der Waals surface area contributed by atoms with Gasteiger partial charge in [0, 0.05) is 0 Å². The summed E-state index contributed by atoms with van der Waals surface area (Å²) in [5.41, 5.74) is 5.06. The van der Waals surface area contributed by atoms with Gasteiger partial charge < -0.3 is 11.1 Å². The van der Waals surface area contributed by atoms with Crippen LogP contribution in [0.15, 0.2) is 18.2 Å². The number of rotatable bonds is 3. The number of nitrogens with two attached hydrogens (primary N) is 1. The van der Waals surface area contributed by atoms with Crippen LogP contribution in [-0.4, -0.2) is 18.0 Å². The van der Waals surface area contributed by atoms with Crippen LogP contribution in [0.4, 0.5) is 14.9 Å². The first-order chi connectivity index (χ1) is 7.90. The van der Waals surface area contributed by atoms with Gasteiger partial charge in [0.2, 0.25) is 5.91 Å². The van der Waals surface area contributed by atoms with Gasteiger partial charge in [-0.25, -0.2) is 9.18 Å². The molecule has 1 aromatic rings. The molecule has 0 aliphatic carbocycles. The summed E-state index contributed by atoms with van der Waals surface area (Å²) in [5, 5.41) is 4.83. The van der Waals surface area contributed by atoms with Crippen LogP contribution in [0.3, 0.4) is 0 Å². The van der Waals surface area contributed by atoms with E-state index in [4.69, 9.17) is 17.3 Å². The summed E-state index contributed by atoms with van der Waals surface area (Å²) in [6.45, 7) is 1.49. The summed E-state index contributed by atoms with van der Waals surface area (Å²) in [7, 11) is 0. The first-order valence-electron chi connectivity index (χ1n) is 4.72. The minimum Gasteiger partial charge on any atom is -0.373 e. The first kappa shape index (κ1) is 13.2. The number of benzene rings is 1. The fraction of sp³-hybridized carbons (Fsp3) is 0.200. The second-order valence-corrected chi connectivity index (χ2v) is 3.75. The minimum atomic E-state index is -0.950. The lowest BCUT2D eigenvalue weighted by Crippen LogP contribution is -2.43. The Morgan fingerprint density at radius 2 is 2.12 bits per heavy atom. The zero-order valence-electron chi connectivity index (χ0n) is 8.96. The first-order valence-corrected chi connectivity index (χ1v) is 5.10. The summed E-state index contributed by atoms with van der Waals surface area (Å²) >= 11 is 5.80. The monoisotopic (exact) mass is 259 g/mol. The molecule has 0 aromatic heterocycles. The second-order valence-electron chi connectivity index (χ2n) is 3.34. The number of amides is 3. The number of primary amides is 1. The van der Waals surface area contributed by atoms with Crippen molar-refractivity contribution in [2.75, 3.05) is 5.32 Å². The van der Waals surface area contributed by atoms with Crippen molar-refractivity contribution >= 4 is 29.2 Å². The molecule has 1 aromatic carbocycles. The molecule has 0 fully saturated rings. The van der Waals surface area contributed by atoms with Gasteiger partial charge in [0.15, 0.2) is 0 Å². The van der Waals surface area contributed by atoms with Gasteiger partial charge in [-0.05, 0) is 25.1 Å². The van der Waals surface area contributed by atoms with E-state index < -0.39 is 23.8 Å². The summed E-state index contributed by atoms with van der Waals surface area (Å²) in [6.07, 6.45) is 0. The highest BCUT2D eigenvalue weighted by Gasteiger charge is 2.15. The molecule has 7 heteroatoms. The van der Waals surface area contributed by atoms with Crippen LogP contribution in [0.5, 0.6) is 0 Å². The molecule has 1 rings (SSSR count). The molecule has 0 bridgehead atoms. The van der Waals surface area contributed by atoms with Gasteiger partial charge in [-0.1, -0.05) is 11.6 Å². The highest BCUT2D eigenvalue weighted by Crippen LogP contribution is 2.22. The van der Waals surface area contributed by atoms with Crippen LogP contribution >= 0.6 is 11.6 Å². The van der Waals surface area contributed by atoms with Gasteiger partial charge >= 0.3 is 6.03 Å². The molecular formula is C10H11ClFN3O2. The summed E-state index contributed by atoms with van der Waals surface area (Å²) in [5.74, 6) is -1.11. The molecule has 1 atom stereocenters. The van der Waals surface area contributed by atoms with Crippen LogP contribution in [0.1, 0.15) is 6.92 Å². The molecule has 17 heavy (non-hydrogen) atoms. The average molecular weight is 260 g/mol. The van der Waals surface area contributed by atoms with Crippen molar-refractivity contribution in [3.63, 3.8) is 0 Å². The van der Waals surface area contributed by atoms with E-state index in [1.807, 2.05) is 5.32 Å². The second kappa shape index (κ2) is 5.49. The normalized spacial score (nSPS) is 11.7. The predicted octanol–water partition coefficient (Wildman–Crippen LogP) is 1.47. The average Bonchev–Trinajstić information content (AvgIpc) is 2.22. The number of carbonyl (C=O) groups excluding carboxylic acids is 2. The number of urea groups is 1. The number of hydrogen-bond donors (Lipinski definition) is 3. The molecule has 0 saturated heterocycles. The smallest absolute Gasteiger partial charge is 0.318 e. The van der Waals surface area contributed by atoms with E-state index in [2.05, 4.69) is 5.32 Å². The number of imide groups is 1. The molecule has 92 valence electrons. The van der Waals surface area contributed by atoms with E-state index in [0.29, 0.717) is 0 Å². The number of hydrogen-bond acceptors (Lipinski definition) is 3. The van der Waals surface area contributed by atoms with Crippen molar-refractivity contribution in [1.82, 2.24) is 5.32 Å². The molecule has 5 nitrogen and oxygen atoms in total. The lowest BCUT2D eigenvalue weighted by Gasteiger charge is -2.14. The highest BCUT2D eigenvalue weighted by molar-refractivity contribution is 6.33. The Hall–Kier alpha value is -1.82. The molecule has 0 aliphatic rings. The molecule has 4 N–H and O–H groups in total. The maximum atomic E-state index is 12.9. The minimum absolute atomic E-state index is 0.263. The summed E-state index contributed by atoms with van der Waals surface area (Å²) < 4.78 is 12.9. The van der Waals surface area contributed by atoms with E-state index in [0.717, 1.165) is 6.07 Å². The molecule has 0 saturated carbocycles. The van der Waals surface area contributed by atoms with Crippen molar-refractivity contribution in [2.45, 2.75) is 13.0 Å². The number of halogens is 2. The van der Waals surface area contributed by atoms with Gasteiger partial charge in [0.1, 0.15) is 11.9 Å². The lowest BCUT2D eigenvalue weighted by atomic mass is 10.2. The fourth-order valence-corrected chi connectivity index (χ4v) is 1.31. The van der Waals surface area contributed by atoms with Crippen LogP contribution in [-0.2, 0) is 4.79 Å². The van der Waals surface area contributed by atoms with Crippen molar-refractivity contribution in [2.24, 2.45) is 5.73 Å². The Morgan fingerprint density at radius 3 is 2.71 bits per heavy atom. The fourth-order valence-electron chi connectivity index (χ4n) is 1.14. The number of carbonyl (C=O) groups is 2. The molecular weight excluding hydrogens is 249 g/mol. The van der Waals surface area contributed by atoms with Crippen molar-refractivity contribution < 1.29 is 14.0 Å². The van der Waals surface area contributed by atoms with Gasteiger partial charge in [-0.2, -0.15) is 0 Å². The third kappa shape index (κ3) is 3.92. The van der Waals surface area contributed by atoms with E-state index in [-0.39, 0.29) is 10.7 Å². The summed E-state index contributed by atoms with van der Waals surface area (Å²) in [6, 6.07) is 1.98. The highest BCUT2D eigenvalue weighted by atomic mass is 35.5. The van der Waals surface area contributed by atoms with Gasteiger partial charge in [-0.15, -0.1) is 0 Å². The van der Waals surface area contributed by atoms with Crippen LogP contribution in [0.2, 0.25) is 5.02 Å². The van der Waals surface area contributed by atoms with E-state index in [1.54, 1.807) is 0 Å². The Labute approximate surface area is 102 Å². The molecule has 0 heterocycles. The Bertz CT molecular complexity index is 453. The van der Waals surface area contributed by atoms with Gasteiger partial charge in [0.05, 0.1) is 10.7 Å². The predicted molar refractivity (Wildman–Crippen MR) is 62.2 cm³/mol. The Kier molecular flexibility index (Phi) is 4.28. The van der Waals surface area contributed by atoms with Crippen LogP contribution < -0.4 is 16.4 Å². The third-order valence-corrected chi connectivity index (χ3v) is 2.27. The Balaban J connectivity index is 2.73. The topological polar surface area (TPSA) is 84.2 Å². The third-order valence-electron chi connectivity index (χ3n) is 1.94. The van der Waals surface area contributed by atoms with E-state index in [1.165, 1.54) is 19.1 Å². The quantitative estimate of drug-likeness (QED) is 0.769. The van der Waals surface area contributed by atoms with Gasteiger partial charge in [0.25, 0.3) is 0 Å². The molecule has 3 amide bonds. The van der Waals surface area contributed by atoms with Crippen molar-refractivity contribution in [3.8, 4) is 0 Å². The summed E-state index contributed by atoms with van der Waals surface area (Å²) in [4.78, 5) is 21.8. The zero-order valence-corrected chi connectivity index (χ0v) is 9.72. The SMILES string of the molecule is CC(Nc1cc(F)ccc1Cl)C(=O)NC(N)=O. The molecule has 0 radical (unpaired) electrons. The van der Waals surface area contributed by atoms with Crippen LogP contribution in [0, 0.1) is 5.82 Å². The molecule has 0 aliphatic heterocycles. The maximum absolute atomic E-state index is 12.9. The van der Waals surface area contributed by atoms with Crippen LogP contribution in [0.25, 0.3) is 0 Å². The maximum Gasteiger partial charge on any atom is 0.318 e. The molecule has 0 spiro atoms. The van der Waals surface area contributed by atoms with Crippen molar-refractivity contribution in [3.05, 3.63) is 29.0 Å². The van der Waals surface area contributed by atoms with Crippen molar-refractivity contribution in [1.29, 1.82) is 0 Å². The van der Waals surface area contributed by atoms with E-state index >= 15 is 0 Å². The molecule has 1 unspecified atom stereocenters. The lowest BCUT2D eigenvalue weighted by molar-refractivity contribution is -0.120. The number of nitrogens with one attached hydrogen (secondary N) is 2. The van der Waals surface area contributed by atoms with Gasteiger partial charge in [-0.3, -0.25) is 10.1 Å².